The van der Waals surface area contributed by atoms with Gasteiger partial charge in [0.25, 0.3) is 0 Å². The molecule has 0 rings (SSSR count). The second kappa shape index (κ2) is 41.3. The zero-order valence-corrected chi connectivity index (χ0v) is 59.5. The van der Waals surface area contributed by atoms with Gasteiger partial charge in [0.2, 0.25) is 0 Å². The molecule has 0 heterocycles. The third-order valence-electron chi connectivity index (χ3n) is 6.85. The van der Waals surface area contributed by atoms with Crippen LogP contribution in [0.25, 0.3) is 0 Å². The van der Waals surface area contributed by atoms with E-state index in [9.17, 15) is 26.3 Å². The fourth-order valence-electron chi connectivity index (χ4n) is 9.41. The summed E-state index contributed by atoms with van der Waals surface area (Å²) in [6.45, 7) is 70.8. The maximum absolute atomic E-state index is 10.7. The Bertz CT molecular complexity index is 1250. The molecule has 0 saturated carbocycles. The van der Waals surface area contributed by atoms with E-state index < -0.39 is 45.2 Å². The second-order valence-corrected chi connectivity index (χ2v) is 46.7. The van der Waals surface area contributed by atoms with Gasteiger partial charge < -0.3 is 25.7 Å². The van der Waals surface area contributed by atoms with Crippen LogP contribution in [-0.2, 0) is 20.2 Å². The molecule has 0 aromatic heterocycles. The van der Waals surface area contributed by atoms with Crippen molar-refractivity contribution in [1.29, 1.82) is 0 Å². The molecule has 418 valence electrons. The molecule has 28 heteroatoms. The monoisotopic (exact) mass is 1230 g/mol. The van der Waals surface area contributed by atoms with Crippen LogP contribution >= 0.6 is 85.2 Å². The van der Waals surface area contributed by atoms with Crippen molar-refractivity contribution in [2.24, 2.45) is 0 Å². The van der Waals surface area contributed by atoms with Gasteiger partial charge in [0.1, 0.15) is 0 Å². The zero-order chi connectivity index (χ0) is 56.4. The molecule has 0 aromatic rings. The first-order chi connectivity index (χ1) is 27.1. The molecule has 70 heavy (non-hydrogen) atoms. The molecule has 0 aliphatic rings. The van der Waals surface area contributed by atoms with E-state index in [-0.39, 0.29) is 107 Å². The topological polar surface area (TPSA) is 112 Å². The summed E-state index contributed by atoms with van der Waals surface area (Å²) >= 11 is 14.6. The van der Waals surface area contributed by atoms with Gasteiger partial charge in [-0.2, -0.15) is 55.5 Å². The first kappa shape index (κ1) is 107. The van der Waals surface area contributed by atoms with Crippen LogP contribution in [0.2, 0.25) is 0 Å². The number of halogens is 12. The summed E-state index contributed by atoms with van der Waals surface area (Å²) in [7, 11) is -4.07. The molecular formula is C42H94Cl6F6Li4O6P4S2. The van der Waals surface area contributed by atoms with Crippen molar-refractivity contribution in [3.05, 3.63) is 5.92 Å². The van der Waals surface area contributed by atoms with E-state index in [0.29, 0.717) is 46.4 Å². The van der Waals surface area contributed by atoms with Crippen LogP contribution in [0.4, 0.5) is 26.3 Å². The Labute approximate surface area is 514 Å². The molecule has 0 fully saturated rings. The predicted molar refractivity (Wildman–Crippen MR) is 292 cm³/mol. The third kappa shape index (κ3) is 64.1. The van der Waals surface area contributed by atoms with Crippen LogP contribution in [0.15, 0.2) is 0 Å². The molecule has 0 bridgehead atoms. The van der Waals surface area contributed by atoms with Crippen LogP contribution in [-0.4, -0.2) is 83.4 Å². The molecule has 6 nitrogen and oxygen atoms in total. The molecule has 1 N–H and O–H groups in total. The minimum absolute atomic E-state index is 0. The molecule has 0 radical (unpaired) electrons. The van der Waals surface area contributed by atoms with Gasteiger partial charge in [-0.15, -0.1) is 0 Å². The summed E-state index contributed by atoms with van der Waals surface area (Å²) in [5.41, 5.74) is -11.2. The summed E-state index contributed by atoms with van der Waals surface area (Å²) in [6.07, 6.45) is 0. The van der Waals surface area contributed by atoms with E-state index >= 15 is 0 Å². The molecule has 0 spiro atoms. The Morgan fingerprint density at radius 1 is 0.443 bits per heavy atom. The fourth-order valence-corrected chi connectivity index (χ4v) is 28.2. The summed E-state index contributed by atoms with van der Waals surface area (Å²) in [4.78, 5) is 0. The normalized spacial score (nSPS) is 12.8. The SMILES string of the molecule is CC(C)(C)P(C(C)(C)C)C(C)(C)C.CC(C)(C)P(C(C)(C)C)C(C)(C)C.CC(C)(C)[PH+](C(C)(C)C)C(C)(C)C.C[C-](C)C.ClCl.ClP(Cl)Cl.O=S(=O)(O)C(F)(F)F.O=S(=O)([O-])C(F)(F)F.[Cl-].[H-].[H-].[Li+].[Li+].[Li+].[Li+]. The minimum Gasteiger partial charge on any atom is -1.00 e. The first-order valence-corrected chi connectivity index (χ1v) is 32.5. The van der Waals surface area contributed by atoms with Crippen LogP contribution in [0.1, 0.15) is 211 Å². The van der Waals surface area contributed by atoms with Gasteiger partial charge in [0, 0.05) is 29.6 Å². The Morgan fingerprint density at radius 2 is 0.529 bits per heavy atom. The van der Waals surface area contributed by atoms with Crippen molar-refractivity contribution in [3.8, 4) is 0 Å². The van der Waals surface area contributed by atoms with Gasteiger partial charge in [0.15, 0.2) is 16.1 Å². The van der Waals surface area contributed by atoms with Crippen LogP contribution in [0.3, 0.4) is 0 Å². The summed E-state index contributed by atoms with van der Waals surface area (Å²) < 4.78 is 116. The van der Waals surface area contributed by atoms with Crippen molar-refractivity contribution in [1.82, 2.24) is 0 Å². The Balaban J connectivity index is -0.0000000408. The van der Waals surface area contributed by atoms with Gasteiger partial charge in [-0.1, -0.05) is 174 Å². The number of alkyl halides is 6. The Morgan fingerprint density at radius 3 is 0.529 bits per heavy atom. The second-order valence-electron chi connectivity index (χ2n) is 24.3. The van der Waals surface area contributed by atoms with E-state index in [4.69, 9.17) is 59.7 Å². The van der Waals surface area contributed by atoms with E-state index in [1.807, 2.05) is 0 Å². The first-order valence-electron chi connectivity index (χ1n) is 20.3. The maximum atomic E-state index is 10.7. The van der Waals surface area contributed by atoms with Crippen molar-refractivity contribution >= 4 is 105 Å². The van der Waals surface area contributed by atoms with Crippen molar-refractivity contribution in [3.63, 3.8) is 0 Å². The molecule has 0 aliphatic heterocycles. The summed E-state index contributed by atoms with van der Waals surface area (Å²) in [5, 5.41) is 4.16. The minimum atomic E-state index is -6.09. The molecule has 0 unspecified atom stereocenters. The van der Waals surface area contributed by atoms with E-state index in [0.717, 1.165) is 0 Å². The van der Waals surface area contributed by atoms with Crippen molar-refractivity contribution in [2.75, 3.05) is 0 Å². The molecular weight excluding hydrogens is 1140 g/mol. The summed E-state index contributed by atoms with van der Waals surface area (Å²) in [5.74, 6) is 0.213. The smallest absolute Gasteiger partial charge is 1.00 e. The predicted octanol–water partition coefficient (Wildman–Crippen LogP) is 5.94. The van der Waals surface area contributed by atoms with Crippen molar-refractivity contribution < 1.29 is 143 Å². The fraction of sp³-hybridized carbons (Fsp3) is 0.976. The maximum Gasteiger partial charge on any atom is 1.00 e. The molecule has 0 saturated heterocycles. The van der Waals surface area contributed by atoms with Crippen LogP contribution in [0.5, 0.6) is 0 Å². The van der Waals surface area contributed by atoms with Gasteiger partial charge >= 0.3 is 96.6 Å². The largest absolute Gasteiger partial charge is 1.00 e. The van der Waals surface area contributed by atoms with Gasteiger partial charge in [0.05, 0.1) is 15.5 Å². The van der Waals surface area contributed by atoms with E-state index in [2.05, 4.69) is 229 Å². The average molecular weight is 1240 g/mol. The quantitative estimate of drug-likeness (QED) is 0.0804. The van der Waals surface area contributed by atoms with Gasteiger partial charge in [-0.25, -0.2) is 8.42 Å². The number of hydrogen-bond acceptors (Lipinski definition) is 5. The number of rotatable bonds is 0. The van der Waals surface area contributed by atoms with Crippen LogP contribution in [0, 0.1) is 5.92 Å². The molecule has 0 aliphatic carbocycles. The summed E-state index contributed by atoms with van der Waals surface area (Å²) in [6, 6.07) is 0. The standard InChI is InChI=1S/3C12H27P.C4H9.2CHF3O3S.Cl3P.Cl2.ClH.4Li.2H/c3*1-10(2,3)13(11(4,5)6)12(7,8)9;1-4(2)3;2*2-1(3,4)8(5,6)7;1-4(2)3;1-2;;;;;;;/h3*1-9H3;1-3H3;2*(H,5,6,7);;;1H;;;;;;/q;;;-1;;;;;;4*+1;2*-1/p-1. The molecule has 0 aromatic carbocycles. The zero-order valence-electron chi connectivity index (χ0n) is 51.7. The van der Waals surface area contributed by atoms with E-state index in [1.54, 1.807) is 0 Å². The Hall–Kier alpha value is 5.25. The van der Waals surface area contributed by atoms with Crippen molar-refractivity contribution in [2.45, 2.75) is 265 Å². The average Bonchev–Trinajstić information content (AvgIpc) is 2.79. The Kier molecular flexibility index (Phi) is 63.1. The van der Waals surface area contributed by atoms with Crippen LogP contribution < -0.4 is 87.8 Å². The third-order valence-corrected chi connectivity index (χ3v) is 20.6. The van der Waals surface area contributed by atoms with Gasteiger partial charge in [-0.05, 0) is 93.3 Å². The van der Waals surface area contributed by atoms with E-state index in [1.165, 1.54) is 5.92 Å². The molecule has 0 amide bonds. The number of hydrogen-bond donors (Lipinski definition) is 1. The van der Waals surface area contributed by atoms with Gasteiger partial charge in [-0.3, -0.25) is 4.55 Å². The molecule has 0 atom stereocenters.